The van der Waals surface area contributed by atoms with E-state index in [9.17, 15) is 5.21 Å². The maximum Gasteiger partial charge on any atom is 0.0500 e. The first-order chi connectivity index (χ1) is 9.81. The Bertz CT molecular complexity index is 500. The smallest absolute Gasteiger partial charge is 0.0500 e. The number of benzene rings is 2. The molecule has 20 heavy (non-hydrogen) atoms. The van der Waals surface area contributed by atoms with Gasteiger partial charge in [-0.2, -0.15) is 5.06 Å². The van der Waals surface area contributed by atoms with Gasteiger partial charge in [0.05, 0.1) is 6.04 Å². The molecule has 0 aliphatic carbocycles. The molecule has 1 N–H and O–H groups in total. The van der Waals surface area contributed by atoms with Gasteiger partial charge in [-0.15, -0.1) is 0 Å². The molecule has 0 amide bonds. The first kappa shape index (κ1) is 13.3. The van der Waals surface area contributed by atoms with E-state index in [0.29, 0.717) is 5.92 Å². The third-order valence-electron chi connectivity index (χ3n) is 4.43. The molecule has 2 aromatic rings. The van der Waals surface area contributed by atoms with Gasteiger partial charge in [-0.1, -0.05) is 74.0 Å². The number of rotatable bonds is 4. The van der Waals surface area contributed by atoms with Crippen LogP contribution in [0.25, 0.3) is 0 Å². The number of hydroxylamine groups is 2. The van der Waals surface area contributed by atoms with Gasteiger partial charge < -0.3 is 5.21 Å². The van der Waals surface area contributed by atoms with Crippen molar-refractivity contribution in [2.45, 2.75) is 25.3 Å². The Kier molecular flexibility index (Phi) is 3.86. The molecule has 1 aliphatic rings. The molecule has 0 spiro atoms. The van der Waals surface area contributed by atoms with Crippen molar-refractivity contribution in [2.24, 2.45) is 5.92 Å². The van der Waals surface area contributed by atoms with Gasteiger partial charge in [-0.3, -0.25) is 0 Å². The fourth-order valence-corrected chi connectivity index (χ4v) is 3.30. The van der Waals surface area contributed by atoms with Crippen LogP contribution in [0.5, 0.6) is 0 Å². The van der Waals surface area contributed by atoms with Gasteiger partial charge in [0.2, 0.25) is 0 Å². The largest absolute Gasteiger partial charge is 0.314 e. The molecule has 2 nitrogen and oxygen atoms in total. The Morgan fingerprint density at radius 1 is 1.00 bits per heavy atom. The second kappa shape index (κ2) is 5.78. The predicted octanol–water partition coefficient (Wildman–Crippen LogP) is 3.92. The zero-order valence-electron chi connectivity index (χ0n) is 11.8. The summed E-state index contributed by atoms with van der Waals surface area (Å²) in [6.07, 6.45) is 1.11. The van der Waals surface area contributed by atoms with E-state index in [2.05, 4.69) is 55.5 Å². The Hall–Kier alpha value is -1.64. The Morgan fingerprint density at radius 3 is 1.90 bits per heavy atom. The molecular formula is C18H21NO. The van der Waals surface area contributed by atoms with Crippen LogP contribution in [0.3, 0.4) is 0 Å². The van der Waals surface area contributed by atoms with Crippen molar-refractivity contribution >= 4 is 0 Å². The molecule has 0 bridgehead atoms. The van der Waals surface area contributed by atoms with Crippen LogP contribution in [0.15, 0.2) is 60.7 Å². The third kappa shape index (κ3) is 2.37. The topological polar surface area (TPSA) is 23.5 Å². The van der Waals surface area contributed by atoms with Gasteiger partial charge in [0.1, 0.15) is 0 Å². The van der Waals surface area contributed by atoms with E-state index in [1.54, 1.807) is 0 Å². The molecule has 0 radical (unpaired) electrons. The normalized spacial score (nSPS) is 22.8. The summed E-state index contributed by atoms with van der Waals surface area (Å²) in [5.74, 6) is 0.798. The van der Waals surface area contributed by atoms with Crippen molar-refractivity contribution in [3.05, 3.63) is 71.8 Å². The van der Waals surface area contributed by atoms with Gasteiger partial charge in [0, 0.05) is 12.5 Å². The third-order valence-corrected chi connectivity index (χ3v) is 4.43. The van der Waals surface area contributed by atoms with Crippen molar-refractivity contribution in [3.8, 4) is 0 Å². The molecular weight excluding hydrogens is 246 g/mol. The van der Waals surface area contributed by atoms with E-state index in [1.807, 2.05) is 12.1 Å². The van der Waals surface area contributed by atoms with E-state index in [-0.39, 0.29) is 12.0 Å². The molecule has 3 rings (SSSR count). The highest BCUT2D eigenvalue weighted by Gasteiger charge is 2.43. The average Bonchev–Trinajstić information content (AvgIpc) is 2.51. The monoisotopic (exact) mass is 267 g/mol. The second-order valence-electron chi connectivity index (χ2n) is 5.58. The quantitative estimate of drug-likeness (QED) is 0.907. The number of nitrogens with zero attached hydrogens (tertiary/aromatic N) is 1. The van der Waals surface area contributed by atoms with Crippen LogP contribution in [-0.4, -0.2) is 22.9 Å². The highest BCUT2D eigenvalue weighted by Crippen LogP contribution is 2.40. The van der Waals surface area contributed by atoms with Gasteiger partial charge in [0.15, 0.2) is 0 Å². The van der Waals surface area contributed by atoms with Crippen LogP contribution in [0.1, 0.15) is 30.4 Å². The summed E-state index contributed by atoms with van der Waals surface area (Å²) in [7, 11) is 0. The van der Waals surface area contributed by atoms with Crippen molar-refractivity contribution in [1.82, 2.24) is 5.06 Å². The molecule has 0 saturated carbocycles. The lowest BCUT2D eigenvalue weighted by Gasteiger charge is -2.48. The zero-order valence-corrected chi connectivity index (χ0v) is 11.8. The Morgan fingerprint density at radius 2 is 1.50 bits per heavy atom. The average molecular weight is 267 g/mol. The summed E-state index contributed by atoms with van der Waals surface area (Å²) in [6.45, 7) is 3.00. The van der Waals surface area contributed by atoms with Crippen molar-refractivity contribution in [3.63, 3.8) is 0 Å². The van der Waals surface area contributed by atoms with Crippen molar-refractivity contribution < 1.29 is 5.21 Å². The summed E-state index contributed by atoms with van der Waals surface area (Å²) in [6, 6.07) is 21.2. The van der Waals surface area contributed by atoms with Gasteiger partial charge in [-0.25, -0.2) is 0 Å². The highest BCUT2D eigenvalue weighted by molar-refractivity contribution is 5.35. The predicted molar refractivity (Wildman–Crippen MR) is 80.8 cm³/mol. The van der Waals surface area contributed by atoms with Gasteiger partial charge >= 0.3 is 0 Å². The number of hydrogen-bond donors (Lipinski definition) is 1. The maximum absolute atomic E-state index is 10.1. The van der Waals surface area contributed by atoms with Crippen molar-refractivity contribution in [1.29, 1.82) is 0 Å². The maximum atomic E-state index is 10.1. The molecule has 104 valence electrons. The van der Waals surface area contributed by atoms with E-state index < -0.39 is 0 Å². The first-order valence-electron chi connectivity index (χ1n) is 7.36. The lowest BCUT2D eigenvalue weighted by atomic mass is 9.73. The van der Waals surface area contributed by atoms with Crippen LogP contribution in [0, 0.1) is 5.92 Å². The summed E-state index contributed by atoms with van der Waals surface area (Å²) in [5.41, 5.74) is 2.56. The Balaban J connectivity index is 2.00. The lowest BCUT2D eigenvalue weighted by Crippen LogP contribution is -2.57. The van der Waals surface area contributed by atoms with Gasteiger partial charge in [0.25, 0.3) is 0 Å². The van der Waals surface area contributed by atoms with Crippen LogP contribution in [0.4, 0.5) is 0 Å². The second-order valence-corrected chi connectivity index (χ2v) is 5.58. The summed E-state index contributed by atoms with van der Waals surface area (Å²) in [4.78, 5) is 0. The standard InChI is InChI=1S/C18H21NO/c1-2-14-13-19(20)18(14)17(15-9-5-3-6-10-15)16-11-7-4-8-12-16/h3-12,14,17-18,20H,2,13H2,1H3. The fraction of sp³-hybridized carbons (Fsp3) is 0.333. The van der Waals surface area contributed by atoms with E-state index >= 15 is 0 Å². The zero-order chi connectivity index (χ0) is 13.9. The Labute approximate surface area is 120 Å². The van der Waals surface area contributed by atoms with Crippen LogP contribution < -0.4 is 0 Å². The minimum atomic E-state index is 0.185. The molecule has 1 saturated heterocycles. The van der Waals surface area contributed by atoms with Crippen molar-refractivity contribution in [2.75, 3.05) is 6.54 Å². The first-order valence-corrected chi connectivity index (χ1v) is 7.36. The lowest BCUT2D eigenvalue weighted by molar-refractivity contribution is -0.219. The SMILES string of the molecule is CCC1CN(O)C1C(c1ccccc1)c1ccccc1. The molecule has 0 aromatic heterocycles. The molecule has 1 aliphatic heterocycles. The van der Waals surface area contributed by atoms with Crippen LogP contribution in [0.2, 0.25) is 0 Å². The molecule has 2 heteroatoms. The molecule has 2 aromatic carbocycles. The minimum Gasteiger partial charge on any atom is -0.314 e. The highest BCUT2D eigenvalue weighted by atomic mass is 16.5. The molecule has 2 unspecified atom stereocenters. The van der Waals surface area contributed by atoms with E-state index in [0.717, 1.165) is 13.0 Å². The summed E-state index contributed by atoms with van der Waals surface area (Å²) >= 11 is 0. The van der Waals surface area contributed by atoms with Gasteiger partial charge in [-0.05, 0) is 17.0 Å². The molecule has 2 atom stereocenters. The minimum absolute atomic E-state index is 0.185. The van der Waals surface area contributed by atoms with E-state index in [4.69, 9.17) is 0 Å². The summed E-state index contributed by atoms with van der Waals surface area (Å²) in [5, 5.41) is 11.6. The van der Waals surface area contributed by atoms with Crippen LogP contribution >= 0.6 is 0 Å². The summed E-state index contributed by atoms with van der Waals surface area (Å²) < 4.78 is 0. The van der Waals surface area contributed by atoms with E-state index in [1.165, 1.54) is 16.2 Å². The molecule has 1 fully saturated rings. The number of hydrogen-bond acceptors (Lipinski definition) is 2. The fourth-order valence-electron chi connectivity index (χ4n) is 3.30. The van der Waals surface area contributed by atoms with Crippen LogP contribution in [-0.2, 0) is 0 Å². The molecule has 1 heterocycles.